The van der Waals surface area contributed by atoms with Crippen molar-refractivity contribution in [1.29, 1.82) is 0 Å². The van der Waals surface area contributed by atoms with Gasteiger partial charge >= 0.3 is 5.97 Å². The number of carboxylic acid groups (broad SMARTS) is 1. The Morgan fingerprint density at radius 2 is 2.40 bits per heavy atom. The molecule has 0 aliphatic heterocycles. The van der Waals surface area contributed by atoms with E-state index < -0.39 is 5.97 Å². The molecule has 0 amide bonds. The summed E-state index contributed by atoms with van der Waals surface area (Å²) < 4.78 is 0. The lowest BCUT2D eigenvalue weighted by atomic mass is 10.7. The van der Waals surface area contributed by atoms with Crippen LogP contribution in [-0.4, -0.2) is 23.1 Å². The van der Waals surface area contributed by atoms with Gasteiger partial charge in [0.25, 0.3) is 0 Å². The van der Waals surface area contributed by atoms with Gasteiger partial charge in [0.15, 0.2) is 0 Å². The Balaban J connectivity index is 3.68. The van der Waals surface area contributed by atoms with Crippen LogP contribution in [0.15, 0.2) is 10.4 Å². The van der Waals surface area contributed by atoms with E-state index in [9.17, 15) is 9.59 Å². The average Bonchev–Trinajstić information content (AvgIpc) is 1.88. The Morgan fingerprint density at radius 3 is 2.80 bits per heavy atom. The van der Waals surface area contributed by atoms with Crippen LogP contribution in [0, 0.1) is 0 Å². The maximum Gasteiger partial charge on any atom is 0.347 e. The smallest absolute Gasteiger partial charge is 0.347 e. The molecule has 0 aromatic heterocycles. The van der Waals surface area contributed by atoms with E-state index in [-0.39, 0.29) is 10.8 Å². The number of rotatable bonds is 4. The van der Waals surface area contributed by atoms with Crippen molar-refractivity contribution in [2.75, 3.05) is 5.75 Å². The molecule has 10 heavy (non-hydrogen) atoms. The Morgan fingerprint density at radius 1 is 1.80 bits per heavy atom. The molecule has 0 aromatic rings. The summed E-state index contributed by atoms with van der Waals surface area (Å²) in [5.74, 6) is -1.09. The summed E-state index contributed by atoms with van der Waals surface area (Å²) in [7, 11) is 0. The Hall–Kier alpha value is -0.480. The van der Waals surface area contributed by atoms with Gasteiger partial charge in [-0.3, -0.25) is 4.79 Å². The van der Waals surface area contributed by atoms with Crippen LogP contribution in [0.4, 0.5) is 0 Å². The minimum absolute atomic E-state index is 0.101. The molecule has 3 nitrogen and oxygen atoms in total. The number of carboxylic acids is 1. The first kappa shape index (κ1) is 9.52. The van der Waals surface area contributed by atoms with Crippen molar-refractivity contribution in [2.45, 2.75) is 0 Å². The van der Waals surface area contributed by atoms with Crippen LogP contribution >= 0.6 is 23.4 Å². The number of halogens is 1. The van der Waals surface area contributed by atoms with Crippen molar-refractivity contribution in [3.63, 3.8) is 0 Å². The maximum absolute atomic E-state index is 9.98. The standard InChI is InChI=1S/C5H4ClO3S/c6-4(5(8)9)3-10-2-1-7/h3H,2H2,(H,8,9)/b4-3+. The van der Waals surface area contributed by atoms with Crippen LogP contribution in [0.5, 0.6) is 0 Å². The van der Waals surface area contributed by atoms with E-state index >= 15 is 0 Å². The first-order chi connectivity index (χ1) is 4.68. The molecule has 0 rings (SSSR count). The number of hydrogen-bond acceptors (Lipinski definition) is 3. The summed E-state index contributed by atoms with van der Waals surface area (Å²) in [6, 6.07) is 0. The Kier molecular flexibility index (Phi) is 5.06. The average molecular weight is 180 g/mol. The zero-order chi connectivity index (χ0) is 7.98. The molecule has 1 radical (unpaired) electrons. The van der Waals surface area contributed by atoms with Gasteiger partial charge in [-0.25, -0.2) is 4.79 Å². The molecule has 0 saturated carbocycles. The molecule has 0 atom stereocenters. The fourth-order valence-corrected chi connectivity index (χ4v) is 0.787. The quantitative estimate of drug-likeness (QED) is 0.517. The van der Waals surface area contributed by atoms with Gasteiger partial charge in [-0.15, -0.1) is 11.8 Å². The van der Waals surface area contributed by atoms with E-state index in [1.807, 2.05) is 0 Å². The largest absolute Gasteiger partial charge is 0.477 e. The van der Waals surface area contributed by atoms with Crippen LogP contribution in [0.25, 0.3) is 0 Å². The molecule has 0 fully saturated rings. The van der Waals surface area contributed by atoms with Crippen molar-refractivity contribution >= 4 is 35.6 Å². The van der Waals surface area contributed by atoms with E-state index in [1.165, 1.54) is 5.41 Å². The molecule has 0 unspecified atom stereocenters. The summed E-state index contributed by atoms with van der Waals surface area (Å²) in [6.07, 6.45) is 1.58. The lowest BCUT2D eigenvalue weighted by Crippen LogP contribution is -1.92. The molecule has 0 aliphatic carbocycles. The fourth-order valence-electron chi connectivity index (χ4n) is 0.199. The van der Waals surface area contributed by atoms with E-state index in [0.29, 0.717) is 0 Å². The Labute approximate surface area is 67.1 Å². The van der Waals surface area contributed by atoms with Gasteiger partial charge in [0.1, 0.15) is 5.03 Å². The molecule has 0 aromatic carbocycles. The first-order valence-electron chi connectivity index (χ1n) is 2.24. The summed E-state index contributed by atoms with van der Waals surface area (Å²) in [5, 5.41) is 9.07. The lowest BCUT2D eigenvalue weighted by molar-refractivity contribution is -0.131. The topological polar surface area (TPSA) is 54.4 Å². The monoisotopic (exact) mass is 179 g/mol. The highest BCUT2D eigenvalue weighted by molar-refractivity contribution is 8.02. The highest BCUT2D eigenvalue weighted by Gasteiger charge is 2.00. The van der Waals surface area contributed by atoms with E-state index in [2.05, 4.69) is 0 Å². The summed E-state index contributed by atoms with van der Waals surface area (Å²) in [6.45, 7) is 0. The second-order valence-electron chi connectivity index (χ2n) is 1.23. The molecule has 0 heterocycles. The minimum Gasteiger partial charge on any atom is -0.477 e. The zero-order valence-corrected chi connectivity index (χ0v) is 6.41. The molecule has 1 N–H and O–H groups in total. The number of hydrogen-bond donors (Lipinski definition) is 1. The molecule has 55 valence electrons. The van der Waals surface area contributed by atoms with E-state index in [4.69, 9.17) is 16.7 Å². The Bertz CT molecular complexity index is 166. The van der Waals surface area contributed by atoms with E-state index in [0.717, 1.165) is 11.8 Å². The van der Waals surface area contributed by atoms with Gasteiger partial charge in [0.05, 0.1) is 5.75 Å². The van der Waals surface area contributed by atoms with Gasteiger partial charge < -0.3 is 5.11 Å². The normalized spacial score (nSPS) is 11.1. The molecule has 0 aliphatic rings. The van der Waals surface area contributed by atoms with E-state index in [1.54, 1.807) is 6.29 Å². The molecule has 0 bridgehead atoms. The van der Waals surface area contributed by atoms with Crippen LogP contribution in [0.2, 0.25) is 0 Å². The van der Waals surface area contributed by atoms with Crippen LogP contribution in [0.3, 0.4) is 0 Å². The van der Waals surface area contributed by atoms with Crippen molar-refractivity contribution in [3.8, 4) is 0 Å². The van der Waals surface area contributed by atoms with Gasteiger partial charge in [-0.2, -0.15) is 0 Å². The number of aliphatic carboxylic acids is 1. The number of carbonyl (C=O) groups is 1. The third-order valence-electron chi connectivity index (χ3n) is 0.533. The molecule has 5 heteroatoms. The molecule has 0 spiro atoms. The third-order valence-corrected chi connectivity index (χ3v) is 1.62. The predicted octanol–water partition coefficient (Wildman–Crippen LogP) is 0.994. The predicted molar refractivity (Wildman–Crippen MR) is 39.7 cm³/mol. The summed E-state index contributed by atoms with van der Waals surface area (Å²) in [4.78, 5) is 19.6. The molecular weight excluding hydrogens is 176 g/mol. The first-order valence-corrected chi connectivity index (χ1v) is 3.66. The van der Waals surface area contributed by atoms with Crippen molar-refractivity contribution < 1.29 is 14.7 Å². The van der Waals surface area contributed by atoms with Crippen LogP contribution < -0.4 is 0 Å². The van der Waals surface area contributed by atoms with Crippen molar-refractivity contribution in [2.24, 2.45) is 0 Å². The van der Waals surface area contributed by atoms with Crippen LogP contribution in [0.1, 0.15) is 0 Å². The summed E-state index contributed by atoms with van der Waals surface area (Å²) >= 11 is 6.15. The highest BCUT2D eigenvalue weighted by Crippen LogP contribution is 2.09. The number of carbonyl (C=O) groups excluding carboxylic acids is 1. The van der Waals surface area contributed by atoms with Crippen molar-refractivity contribution in [3.05, 3.63) is 10.4 Å². The lowest BCUT2D eigenvalue weighted by Gasteiger charge is -1.86. The van der Waals surface area contributed by atoms with Gasteiger partial charge in [-0.1, -0.05) is 11.6 Å². The van der Waals surface area contributed by atoms with Gasteiger partial charge in [0, 0.05) is 0 Å². The molecular formula is C5H4ClO3S. The van der Waals surface area contributed by atoms with Gasteiger partial charge in [-0.05, 0) is 5.41 Å². The fraction of sp³-hybridized carbons (Fsp3) is 0.200. The second kappa shape index (κ2) is 5.32. The van der Waals surface area contributed by atoms with Crippen LogP contribution in [-0.2, 0) is 9.59 Å². The minimum atomic E-state index is -1.19. The zero-order valence-electron chi connectivity index (χ0n) is 4.83. The SMILES string of the molecule is O=[C]CS/C=C(/Cl)C(=O)O. The second-order valence-corrected chi connectivity index (χ2v) is 2.49. The summed E-state index contributed by atoms with van der Waals surface area (Å²) in [5.41, 5.74) is 0. The molecule has 0 saturated heterocycles. The maximum atomic E-state index is 9.98. The number of thioether (sulfide) groups is 1. The van der Waals surface area contributed by atoms with Gasteiger partial charge in [0.2, 0.25) is 6.29 Å². The van der Waals surface area contributed by atoms with Crippen molar-refractivity contribution in [1.82, 2.24) is 0 Å². The highest BCUT2D eigenvalue weighted by atomic mass is 35.5. The third kappa shape index (κ3) is 4.40.